The number of aliphatic carboxylic acids is 1. The van der Waals surface area contributed by atoms with Crippen LogP contribution in [0, 0.1) is 11.7 Å². The average molecular weight is 544 g/mol. The Morgan fingerprint density at radius 1 is 1.11 bits per heavy atom. The average Bonchev–Trinajstić information content (AvgIpc) is 3.68. The van der Waals surface area contributed by atoms with E-state index in [1.54, 1.807) is 12.1 Å². The summed E-state index contributed by atoms with van der Waals surface area (Å²) in [4.78, 5) is 11.4. The van der Waals surface area contributed by atoms with Crippen molar-refractivity contribution in [2.45, 2.75) is 70.0 Å². The van der Waals surface area contributed by atoms with E-state index in [4.69, 9.17) is 14.2 Å². The molecule has 0 bridgehead atoms. The lowest BCUT2D eigenvalue weighted by Gasteiger charge is -2.23. The van der Waals surface area contributed by atoms with Crippen LogP contribution in [0.25, 0.3) is 5.69 Å². The molecule has 0 saturated heterocycles. The van der Waals surface area contributed by atoms with Gasteiger partial charge in [0, 0.05) is 6.07 Å². The largest absolute Gasteiger partial charge is 0.497 e. The number of hydrogen-bond donors (Lipinski definition) is 1. The predicted octanol–water partition coefficient (Wildman–Crippen LogP) is 5.79. The number of ether oxygens (including phenoxy) is 3. The van der Waals surface area contributed by atoms with Gasteiger partial charge < -0.3 is 19.3 Å². The normalized spacial score (nSPS) is 16.4. The molecule has 2 aromatic carbocycles. The number of benzene rings is 2. The highest BCUT2D eigenvalue weighted by Gasteiger charge is 2.34. The van der Waals surface area contributed by atoms with E-state index in [0.717, 1.165) is 44.1 Å². The van der Waals surface area contributed by atoms with E-state index in [0.29, 0.717) is 29.0 Å². The van der Waals surface area contributed by atoms with E-state index >= 15 is 0 Å². The van der Waals surface area contributed by atoms with Gasteiger partial charge in [0.05, 0.1) is 13.5 Å². The van der Waals surface area contributed by atoms with E-state index in [2.05, 4.69) is 10.3 Å². The number of nitrogens with zero attached hydrogens (tertiary/aromatic N) is 3. The number of carboxylic acid groups (broad SMARTS) is 1. The van der Waals surface area contributed by atoms with Gasteiger partial charge in [0.25, 0.3) is 0 Å². The molecule has 2 aliphatic rings. The molecule has 38 heavy (non-hydrogen) atoms. The topological polar surface area (TPSA) is 95.7 Å². The highest BCUT2D eigenvalue weighted by molar-refractivity contribution is 7.59. The maximum atomic E-state index is 14.8. The van der Waals surface area contributed by atoms with Gasteiger partial charge in [0.1, 0.15) is 35.7 Å². The fraction of sp³-hybridized carbons (Fsp3) is 0.464. The first-order valence-electron chi connectivity index (χ1n) is 12.9. The van der Waals surface area contributed by atoms with Crippen LogP contribution in [0.15, 0.2) is 42.5 Å². The van der Waals surface area contributed by atoms with Crippen molar-refractivity contribution in [3.63, 3.8) is 0 Å². The van der Waals surface area contributed by atoms with Crippen LogP contribution in [-0.4, -0.2) is 39.3 Å². The van der Waals surface area contributed by atoms with Crippen LogP contribution in [0.4, 0.5) is 4.39 Å². The molecule has 2 saturated carbocycles. The zero-order valence-corrected chi connectivity index (χ0v) is 22.4. The quantitative estimate of drug-likeness (QED) is 0.327. The van der Waals surface area contributed by atoms with Gasteiger partial charge >= 0.3 is 5.97 Å². The van der Waals surface area contributed by atoms with Gasteiger partial charge in [-0.05, 0) is 80.2 Å². The fourth-order valence-corrected chi connectivity index (χ4v) is 5.02. The number of carboxylic acids is 1. The lowest BCUT2D eigenvalue weighted by Crippen LogP contribution is -2.22. The number of rotatable bonds is 11. The van der Waals surface area contributed by atoms with E-state index in [9.17, 15) is 14.3 Å². The molecule has 1 aromatic heterocycles. The van der Waals surface area contributed by atoms with Crippen molar-refractivity contribution in [1.82, 2.24) is 15.0 Å². The second-order valence-electron chi connectivity index (χ2n) is 9.85. The molecule has 2 aliphatic carbocycles. The van der Waals surface area contributed by atoms with Crippen molar-refractivity contribution < 1.29 is 28.5 Å². The van der Waals surface area contributed by atoms with Crippen molar-refractivity contribution in [2.24, 2.45) is 5.92 Å². The number of aromatic nitrogens is 3. The highest BCUT2D eigenvalue weighted by atomic mass is 32.1. The third-order valence-electron chi connectivity index (χ3n) is 7.15. The van der Waals surface area contributed by atoms with Crippen molar-refractivity contribution in [3.05, 3.63) is 59.5 Å². The van der Waals surface area contributed by atoms with Gasteiger partial charge in [-0.15, -0.1) is 5.10 Å². The Labute approximate surface area is 228 Å². The summed E-state index contributed by atoms with van der Waals surface area (Å²) in [6.45, 7) is 0.0735. The first-order chi connectivity index (χ1) is 18.0. The second kappa shape index (κ2) is 12.5. The van der Waals surface area contributed by atoms with Gasteiger partial charge in [-0.25, -0.2) is 4.39 Å². The zero-order chi connectivity index (χ0) is 25.8. The molecular formula is C28H34FN3O5S. The summed E-state index contributed by atoms with van der Waals surface area (Å²) in [5.74, 6) is 0.577. The molecule has 8 nitrogen and oxygen atoms in total. The Morgan fingerprint density at radius 3 is 2.61 bits per heavy atom. The molecule has 3 aromatic rings. The van der Waals surface area contributed by atoms with Gasteiger partial charge in [-0.1, -0.05) is 23.8 Å². The summed E-state index contributed by atoms with van der Waals surface area (Å²) in [5, 5.41) is 17.9. The van der Waals surface area contributed by atoms with Gasteiger partial charge in [-0.3, -0.25) is 4.79 Å². The standard InChI is InChI=1S/C28H32FN3O5.H2S/c1-35-21-12-13-24(29)26(15-21)32-28(37-20-7-3-2-4-8-20)25(30-31-32)17-36-22-9-5-6-19(14-22)23(16-27(33)34)18-10-11-18;/h5-6,9,12-15,18,20,23H,2-4,7-8,10-11,16-17H2,1H3,(H,33,34);1H2/t23-;/m0./s1. The maximum absolute atomic E-state index is 14.8. The summed E-state index contributed by atoms with van der Waals surface area (Å²) in [6, 6.07) is 12.0. The van der Waals surface area contributed by atoms with Crippen LogP contribution < -0.4 is 14.2 Å². The van der Waals surface area contributed by atoms with Crippen molar-refractivity contribution in [2.75, 3.05) is 7.11 Å². The zero-order valence-electron chi connectivity index (χ0n) is 21.4. The third kappa shape index (κ3) is 6.59. The summed E-state index contributed by atoms with van der Waals surface area (Å²) in [5.41, 5.74) is 1.61. The second-order valence-corrected chi connectivity index (χ2v) is 9.85. The Balaban J connectivity index is 0.00000336. The first kappa shape index (κ1) is 27.8. The van der Waals surface area contributed by atoms with Crippen LogP contribution in [0.3, 0.4) is 0 Å². The Kier molecular flexibility index (Phi) is 9.14. The predicted molar refractivity (Wildman–Crippen MR) is 144 cm³/mol. The molecule has 1 atom stereocenters. The molecule has 5 rings (SSSR count). The molecule has 0 unspecified atom stereocenters. The van der Waals surface area contributed by atoms with Crippen molar-refractivity contribution in [1.29, 1.82) is 0 Å². The molecule has 204 valence electrons. The highest BCUT2D eigenvalue weighted by Crippen LogP contribution is 2.45. The number of hydrogen-bond acceptors (Lipinski definition) is 6. The van der Waals surface area contributed by atoms with Gasteiger partial charge in [-0.2, -0.15) is 18.2 Å². The smallest absolute Gasteiger partial charge is 0.303 e. The molecule has 2 fully saturated rings. The third-order valence-corrected chi connectivity index (χ3v) is 7.15. The Bertz CT molecular complexity index is 1240. The van der Waals surface area contributed by atoms with Gasteiger partial charge in [0.15, 0.2) is 5.69 Å². The van der Waals surface area contributed by atoms with Crippen LogP contribution in [0.5, 0.6) is 17.4 Å². The minimum Gasteiger partial charge on any atom is -0.497 e. The van der Waals surface area contributed by atoms with Gasteiger partial charge in [0.2, 0.25) is 5.88 Å². The summed E-state index contributed by atoms with van der Waals surface area (Å²) in [6.07, 6.45) is 7.38. The van der Waals surface area contributed by atoms with E-state index < -0.39 is 11.8 Å². The summed E-state index contributed by atoms with van der Waals surface area (Å²) in [7, 11) is 1.52. The Hall–Kier alpha value is -3.27. The molecule has 1 N–H and O–H groups in total. The molecule has 0 amide bonds. The monoisotopic (exact) mass is 543 g/mol. The molecule has 1 heterocycles. The summed E-state index contributed by atoms with van der Waals surface area (Å²) < 4.78 is 33.9. The van der Waals surface area contributed by atoms with Crippen LogP contribution in [0.1, 0.15) is 68.5 Å². The Morgan fingerprint density at radius 2 is 1.89 bits per heavy atom. The number of carbonyl (C=O) groups is 1. The molecule has 0 radical (unpaired) electrons. The maximum Gasteiger partial charge on any atom is 0.303 e. The first-order valence-corrected chi connectivity index (χ1v) is 12.9. The molecule has 0 aliphatic heterocycles. The minimum absolute atomic E-state index is 0. The van der Waals surface area contributed by atoms with E-state index in [-0.39, 0.29) is 44.2 Å². The number of halogens is 1. The van der Waals surface area contributed by atoms with Crippen molar-refractivity contribution >= 4 is 19.5 Å². The SMILES string of the molecule is COc1ccc(F)c(-n2nnc(COc3cccc([C@@H](CC(=O)O)C4CC4)c3)c2OC2CCCCC2)c1.S. The van der Waals surface area contributed by atoms with Crippen molar-refractivity contribution in [3.8, 4) is 23.1 Å². The van der Waals surface area contributed by atoms with E-state index in [1.807, 2.05) is 24.3 Å². The number of methoxy groups -OCH3 is 1. The lowest BCUT2D eigenvalue weighted by atomic mass is 9.91. The van der Waals surface area contributed by atoms with E-state index in [1.165, 1.54) is 24.3 Å². The van der Waals surface area contributed by atoms with Crippen LogP contribution >= 0.6 is 13.5 Å². The molecule has 0 spiro atoms. The van der Waals surface area contributed by atoms with Crippen LogP contribution in [0.2, 0.25) is 0 Å². The summed E-state index contributed by atoms with van der Waals surface area (Å²) >= 11 is 0. The molecular weight excluding hydrogens is 509 g/mol. The fourth-order valence-electron chi connectivity index (χ4n) is 5.02. The molecule has 10 heteroatoms. The lowest BCUT2D eigenvalue weighted by molar-refractivity contribution is -0.137. The minimum atomic E-state index is -0.797. The van der Waals surface area contributed by atoms with Crippen LogP contribution in [-0.2, 0) is 11.4 Å².